The third-order valence-electron chi connectivity index (χ3n) is 5.42. The number of ketones is 1. The number of esters is 1. The molecule has 1 aliphatic carbocycles. The van der Waals surface area contributed by atoms with Gasteiger partial charge in [-0.2, -0.15) is 4.31 Å². The standard InChI is InChI=1S/C22H22FNO7S/c1-13-10-16(25)22-18(7-5-15(23)21(13)22)31-20(26)12-24(2)32(27,28)14-4-6-17-19(11-14)30-9-3-8-29-17/h4-7,11,13H,3,8-10,12H2,1-2H3. The number of carbonyl (C=O) groups is 2. The van der Waals surface area contributed by atoms with Gasteiger partial charge in [-0.15, -0.1) is 0 Å². The van der Waals surface area contributed by atoms with Crippen molar-refractivity contribution >= 4 is 21.8 Å². The van der Waals surface area contributed by atoms with Gasteiger partial charge in [0.15, 0.2) is 17.3 Å². The first-order valence-electron chi connectivity index (χ1n) is 10.1. The summed E-state index contributed by atoms with van der Waals surface area (Å²) in [6.45, 7) is 1.98. The summed E-state index contributed by atoms with van der Waals surface area (Å²) >= 11 is 0. The van der Waals surface area contributed by atoms with Gasteiger partial charge in [0.25, 0.3) is 0 Å². The second kappa shape index (κ2) is 8.51. The molecule has 1 heterocycles. The molecule has 170 valence electrons. The number of ether oxygens (including phenoxy) is 3. The summed E-state index contributed by atoms with van der Waals surface area (Å²) in [5.41, 5.74) is 0.257. The Labute approximate surface area is 184 Å². The quantitative estimate of drug-likeness (QED) is 0.497. The Morgan fingerprint density at radius 2 is 1.91 bits per heavy atom. The molecular weight excluding hydrogens is 441 g/mol. The fourth-order valence-corrected chi connectivity index (χ4v) is 4.95. The summed E-state index contributed by atoms with van der Waals surface area (Å²) in [5.74, 6) is -1.37. The summed E-state index contributed by atoms with van der Waals surface area (Å²) in [4.78, 5) is 24.7. The number of carbonyl (C=O) groups excluding carboxylic acids is 2. The monoisotopic (exact) mass is 463 g/mol. The number of hydrogen-bond acceptors (Lipinski definition) is 7. The largest absolute Gasteiger partial charge is 0.490 e. The molecule has 0 amide bonds. The van der Waals surface area contributed by atoms with Gasteiger partial charge in [0.2, 0.25) is 10.0 Å². The lowest BCUT2D eigenvalue weighted by Crippen LogP contribution is -2.34. The van der Waals surface area contributed by atoms with E-state index in [1.54, 1.807) is 6.92 Å². The van der Waals surface area contributed by atoms with E-state index in [1.165, 1.54) is 31.3 Å². The van der Waals surface area contributed by atoms with Crippen molar-refractivity contribution in [3.63, 3.8) is 0 Å². The smallest absolute Gasteiger partial charge is 0.326 e. The molecule has 2 aliphatic rings. The van der Waals surface area contributed by atoms with Crippen LogP contribution in [0.4, 0.5) is 4.39 Å². The zero-order valence-corrected chi connectivity index (χ0v) is 18.4. The molecule has 0 fully saturated rings. The maximum absolute atomic E-state index is 14.1. The van der Waals surface area contributed by atoms with Crippen LogP contribution in [0.5, 0.6) is 17.2 Å². The Morgan fingerprint density at radius 1 is 1.19 bits per heavy atom. The van der Waals surface area contributed by atoms with Crippen LogP contribution in [0.15, 0.2) is 35.2 Å². The summed E-state index contributed by atoms with van der Waals surface area (Å²) in [5, 5.41) is 0. The minimum atomic E-state index is -4.04. The first kappa shape index (κ1) is 22.2. The van der Waals surface area contributed by atoms with Crippen LogP contribution in [0, 0.1) is 5.82 Å². The lowest BCUT2D eigenvalue weighted by molar-refractivity contribution is -0.134. The van der Waals surface area contributed by atoms with Crippen LogP contribution in [-0.4, -0.2) is 51.3 Å². The van der Waals surface area contributed by atoms with E-state index in [9.17, 15) is 22.4 Å². The maximum atomic E-state index is 14.1. The van der Waals surface area contributed by atoms with Crippen molar-refractivity contribution < 1.29 is 36.6 Å². The van der Waals surface area contributed by atoms with Gasteiger partial charge in [0.05, 0.1) is 23.7 Å². The molecule has 1 atom stereocenters. The van der Waals surface area contributed by atoms with E-state index in [2.05, 4.69) is 0 Å². The second-order valence-electron chi connectivity index (χ2n) is 7.76. The molecule has 32 heavy (non-hydrogen) atoms. The Hall–Kier alpha value is -2.98. The van der Waals surface area contributed by atoms with Crippen LogP contribution in [0.1, 0.15) is 41.6 Å². The molecule has 2 aromatic rings. The van der Waals surface area contributed by atoms with Crippen LogP contribution in [0.25, 0.3) is 0 Å². The van der Waals surface area contributed by atoms with Gasteiger partial charge in [0.1, 0.15) is 18.1 Å². The summed E-state index contributed by atoms with van der Waals surface area (Å²) in [7, 11) is -2.80. The summed E-state index contributed by atoms with van der Waals surface area (Å²) in [6, 6.07) is 6.58. The Bertz CT molecular complexity index is 1200. The number of sulfonamides is 1. The minimum Gasteiger partial charge on any atom is -0.490 e. The average Bonchev–Trinajstić information content (AvgIpc) is 2.90. The van der Waals surface area contributed by atoms with Gasteiger partial charge in [0, 0.05) is 31.5 Å². The maximum Gasteiger partial charge on any atom is 0.326 e. The van der Waals surface area contributed by atoms with Crippen LogP contribution in [-0.2, 0) is 14.8 Å². The van der Waals surface area contributed by atoms with Crippen molar-refractivity contribution in [3.8, 4) is 17.2 Å². The highest BCUT2D eigenvalue weighted by atomic mass is 32.2. The van der Waals surface area contributed by atoms with Gasteiger partial charge in [-0.25, -0.2) is 12.8 Å². The van der Waals surface area contributed by atoms with Crippen LogP contribution >= 0.6 is 0 Å². The third kappa shape index (κ3) is 4.07. The van der Waals surface area contributed by atoms with Gasteiger partial charge in [-0.1, -0.05) is 6.92 Å². The molecule has 1 unspecified atom stereocenters. The SMILES string of the molecule is CC1CC(=O)c2c(OC(=O)CN(C)S(=O)(=O)c3ccc4c(c3)OCCCO4)ccc(F)c21. The van der Waals surface area contributed by atoms with Gasteiger partial charge in [-0.05, 0) is 30.2 Å². The zero-order valence-electron chi connectivity index (χ0n) is 17.6. The molecule has 0 saturated carbocycles. The van der Waals surface area contributed by atoms with Crippen LogP contribution in [0.3, 0.4) is 0 Å². The number of benzene rings is 2. The molecule has 0 saturated heterocycles. The normalized spacial score (nSPS) is 17.8. The lowest BCUT2D eigenvalue weighted by Gasteiger charge is -2.18. The summed E-state index contributed by atoms with van der Waals surface area (Å²) in [6.07, 6.45) is 0.802. The zero-order chi connectivity index (χ0) is 23.0. The molecule has 0 radical (unpaired) electrons. The minimum absolute atomic E-state index is 0.0410. The highest BCUT2D eigenvalue weighted by molar-refractivity contribution is 7.89. The fourth-order valence-electron chi connectivity index (χ4n) is 3.82. The van der Waals surface area contributed by atoms with Crippen molar-refractivity contribution in [2.24, 2.45) is 0 Å². The van der Waals surface area contributed by atoms with E-state index < -0.39 is 28.4 Å². The molecule has 10 heteroatoms. The van der Waals surface area contributed by atoms with E-state index in [0.29, 0.717) is 31.1 Å². The van der Waals surface area contributed by atoms with Gasteiger partial charge in [-0.3, -0.25) is 9.59 Å². The Balaban J connectivity index is 1.51. The number of rotatable bonds is 5. The number of hydrogen-bond donors (Lipinski definition) is 0. The summed E-state index contributed by atoms with van der Waals surface area (Å²) < 4.78 is 57.1. The molecule has 8 nitrogen and oxygen atoms in total. The predicted molar refractivity (Wildman–Crippen MR) is 111 cm³/mol. The average molecular weight is 463 g/mol. The van der Waals surface area contributed by atoms with Crippen molar-refractivity contribution in [2.75, 3.05) is 26.8 Å². The van der Waals surface area contributed by atoms with E-state index in [1.807, 2.05) is 0 Å². The molecule has 2 aromatic carbocycles. The molecule has 0 aromatic heterocycles. The van der Waals surface area contributed by atoms with Crippen molar-refractivity contribution in [1.29, 1.82) is 0 Å². The van der Waals surface area contributed by atoms with Crippen molar-refractivity contribution in [2.45, 2.75) is 30.6 Å². The second-order valence-corrected chi connectivity index (χ2v) is 9.80. The van der Waals surface area contributed by atoms with E-state index in [-0.39, 0.29) is 39.9 Å². The predicted octanol–water partition coefficient (Wildman–Crippen LogP) is 2.90. The number of Topliss-reactive ketones (excluding diaryl/α,β-unsaturated/α-hetero) is 1. The van der Waals surface area contributed by atoms with E-state index in [4.69, 9.17) is 14.2 Å². The fraction of sp³-hybridized carbons (Fsp3) is 0.364. The first-order chi connectivity index (χ1) is 15.2. The van der Waals surface area contributed by atoms with E-state index in [0.717, 1.165) is 10.4 Å². The van der Waals surface area contributed by atoms with Crippen LogP contribution < -0.4 is 14.2 Å². The number of fused-ring (bicyclic) bond motifs is 2. The molecule has 0 spiro atoms. The van der Waals surface area contributed by atoms with Crippen molar-refractivity contribution in [3.05, 3.63) is 47.3 Å². The van der Waals surface area contributed by atoms with Crippen molar-refractivity contribution in [1.82, 2.24) is 4.31 Å². The Kier molecular flexibility index (Phi) is 5.91. The van der Waals surface area contributed by atoms with Gasteiger partial charge >= 0.3 is 5.97 Å². The molecule has 0 bridgehead atoms. The first-order valence-corrected chi connectivity index (χ1v) is 11.5. The molecule has 1 aliphatic heterocycles. The Morgan fingerprint density at radius 3 is 2.66 bits per heavy atom. The highest BCUT2D eigenvalue weighted by Crippen LogP contribution is 2.40. The third-order valence-corrected chi connectivity index (χ3v) is 7.22. The molecule has 4 rings (SSSR count). The highest BCUT2D eigenvalue weighted by Gasteiger charge is 2.33. The van der Waals surface area contributed by atoms with Crippen LogP contribution in [0.2, 0.25) is 0 Å². The molecular formula is C22H22FNO7S. The van der Waals surface area contributed by atoms with Gasteiger partial charge < -0.3 is 14.2 Å². The number of nitrogens with zero attached hydrogens (tertiary/aromatic N) is 1. The number of halogens is 1. The molecule has 0 N–H and O–H groups in total. The lowest BCUT2D eigenvalue weighted by atomic mass is 10.0. The van der Waals surface area contributed by atoms with E-state index >= 15 is 0 Å². The number of likely N-dealkylation sites (N-methyl/N-ethyl adjacent to an activating group) is 1. The topological polar surface area (TPSA) is 99.2 Å².